The van der Waals surface area contributed by atoms with Gasteiger partial charge in [-0.2, -0.15) is 0 Å². The Morgan fingerprint density at radius 1 is 1.29 bits per heavy atom. The predicted molar refractivity (Wildman–Crippen MR) is 74.6 cm³/mol. The SMILES string of the molecule is O=C(O)c1cc(N2C3CCC2CC(O)C3)ccc1[N+](=O)[O-]. The molecule has 0 radical (unpaired) electrons. The van der Waals surface area contributed by atoms with E-state index in [0.29, 0.717) is 18.5 Å². The zero-order valence-corrected chi connectivity index (χ0v) is 11.3. The number of aliphatic hydroxyl groups is 1. The molecule has 2 unspecified atom stereocenters. The van der Waals surface area contributed by atoms with Crippen LogP contribution in [-0.4, -0.2) is 39.3 Å². The number of rotatable bonds is 3. The second kappa shape index (κ2) is 5.00. The van der Waals surface area contributed by atoms with Gasteiger partial charge in [0.25, 0.3) is 5.69 Å². The van der Waals surface area contributed by atoms with Crippen molar-refractivity contribution < 1.29 is 19.9 Å². The van der Waals surface area contributed by atoms with Crippen LogP contribution < -0.4 is 4.90 Å². The summed E-state index contributed by atoms with van der Waals surface area (Å²) in [5, 5.41) is 29.9. The van der Waals surface area contributed by atoms with Gasteiger partial charge in [0.15, 0.2) is 0 Å². The van der Waals surface area contributed by atoms with Crippen LogP contribution in [0.5, 0.6) is 0 Å². The van der Waals surface area contributed by atoms with E-state index in [4.69, 9.17) is 5.11 Å². The van der Waals surface area contributed by atoms with Crippen molar-refractivity contribution in [1.29, 1.82) is 0 Å². The lowest BCUT2D eigenvalue weighted by molar-refractivity contribution is -0.385. The number of carbonyl (C=O) groups is 1. The molecule has 7 heteroatoms. The first-order valence-electron chi connectivity index (χ1n) is 6.95. The van der Waals surface area contributed by atoms with Gasteiger partial charge in [0.05, 0.1) is 11.0 Å². The second-order valence-corrected chi connectivity index (χ2v) is 5.68. The van der Waals surface area contributed by atoms with Crippen LogP contribution in [0.2, 0.25) is 0 Å². The van der Waals surface area contributed by atoms with Crippen LogP contribution in [0.25, 0.3) is 0 Å². The van der Waals surface area contributed by atoms with Crippen molar-refractivity contribution in [2.24, 2.45) is 0 Å². The molecule has 0 aromatic heterocycles. The van der Waals surface area contributed by atoms with E-state index in [9.17, 15) is 20.0 Å². The van der Waals surface area contributed by atoms with Gasteiger partial charge in [-0.1, -0.05) is 0 Å². The summed E-state index contributed by atoms with van der Waals surface area (Å²) < 4.78 is 0. The Kier molecular flexibility index (Phi) is 3.29. The highest BCUT2D eigenvalue weighted by atomic mass is 16.6. The Balaban J connectivity index is 1.99. The molecule has 0 aliphatic carbocycles. The molecule has 1 aromatic carbocycles. The van der Waals surface area contributed by atoms with E-state index in [2.05, 4.69) is 4.90 Å². The number of piperidine rings is 1. The maximum atomic E-state index is 11.2. The Morgan fingerprint density at radius 2 is 1.90 bits per heavy atom. The van der Waals surface area contributed by atoms with Crippen molar-refractivity contribution in [3.8, 4) is 0 Å². The average Bonchev–Trinajstić information content (AvgIpc) is 2.70. The third-order valence-corrected chi connectivity index (χ3v) is 4.41. The summed E-state index contributed by atoms with van der Waals surface area (Å²) in [7, 11) is 0. The van der Waals surface area contributed by atoms with E-state index in [1.807, 2.05) is 0 Å². The number of nitrogens with zero attached hydrogens (tertiary/aromatic N) is 2. The molecule has 2 saturated heterocycles. The van der Waals surface area contributed by atoms with E-state index in [-0.39, 0.29) is 23.8 Å². The van der Waals surface area contributed by atoms with Crippen LogP contribution >= 0.6 is 0 Å². The quantitative estimate of drug-likeness (QED) is 0.650. The molecular weight excluding hydrogens is 276 g/mol. The Labute approximate surface area is 121 Å². The van der Waals surface area contributed by atoms with Gasteiger partial charge >= 0.3 is 5.97 Å². The number of nitro groups is 1. The summed E-state index contributed by atoms with van der Waals surface area (Å²) in [6, 6.07) is 4.60. The van der Waals surface area contributed by atoms with Crippen LogP contribution in [0.1, 0.15) is 36.0 Å². The molecule has 0 spiro atoms. The van der Waals surface area contributed by atoms with Gasteiger partial charge in [0.1, 0.15) is 5.56 Å². The lowest BCUT2D eigenvalue weighted by atomic mass is 9.98. The number of benzene rings is 1. The molecule has 2 heterocycles. The maximum absolute atomic E-state index is 11.2. The van der Waals surface area contributed by atoms with E-state index < -0.39 is 16.6 Å². The molecule has 2 atom stereocenters. The smallest absolute Gasteiger partial charge is 0.342 e. The summed E-state index contributed by atoms with van der Waals surface area (Å²) >= 11 is 0. The molecule has 2 N–H and O–H groups in total. The molecular formula is C14H16N2O5. The van der Waals surface area contributed by atoms with Crippen LogP contribution in [0, 0.1) is 10.1 Å². The zero-order valence-electron chi connectivity index (χ0n) is 11.3. The van der Waals surface area contributed by atoms with Crippen molar-refractivity contribution in [2.75, 3.05) is 4.90 Å². The zero-order chi connectivity index (χ0) is 15.1. The molecule has 112 valence electrons. The first-order valence-corrected chi connectivity index (χ1v) is 6.95. The number of carboxylic acid groups (broad SMARTS) is 1. The van der Waals surface area contributed by atoms with E-state index in [1.165, 1.54) is 12.1 Å². The van der Waals surface area contributed by atoms with Gasteiger partial charge in [-0.15, -0.1) is 0 Å². The lowest BCUT2D eigenvalue weighted by Gasteiger charge is -2.39. The van der Waals surface area contributed by atoms with Crippen LogP contribution in [0.4, 0.5) is 11.4 Å². The van der Waals surface area contributed by atoms with Crippen LogP contribution in [0.15, 0.2) is 18.2 Å². The molecule has 1 aromatic rings. The number of aromatic carboxylic acids is 1. The van der Waals surface area contributed by atoms with E-state index >= 15 is 0 Å². The van der Waals surface area contributed by atoms with Gasteiger partial charge < -0.3 is 15.1 Å². The normalized spacial score (nSPS) is 27.7. The van der Waals surface area contributed by atoms with Crippen molar-refractivity contribution >= 4 is 17.3 Å². The summed E-state index contributed by atoms with van der Waals surface area (Å²) in [5.74, 6) is -1.30. The standard InChI is InChI=1S/C14H16N2O5/c17-11-5-8-1-2-9(6-11)15(8)10-3-4-13(16(20)21)12(7-10)14(18)19/h3-4,7-9,11,17H,1-2,5-6H2,(H,18,19). The number of anilines is 1. The maximum Gasteiger partial charge on any atom is 0.342 e. The first-order chi connectivity index (χ1) is 9.97. The third kappa shape index (κ3) is 2.33. The topological polar surface area (TPSA) is 104 Å². The Bertz CT molecular complexity index is 589. The molecule has 0 saturated carbocycles. The van der Waals surface area contributed by atoms with Gasteiger partial charge in [0, 0.05) is 23.8 Å². The average molecular weight is 292 g/mol. The number of fused-ring (bicyclic) bond motifs is 2. The van der Waals surface area contributed by atoms with Gasteiger partial charge in [-0.3, -0.25) is 10.1 Å². The van der Waals surface area contributed by atoms with Crippen molar-refractivity contribution in [3.63, 3.8) is 0 Å². The molecule has 3 rings (SSSR count). The highest BCUT2D eigenvalue weighted by molar-refractivity contribution is 5.93. The monoisotopic (exact) mass is 292 g/mol. The van der Waals surface area contributed by atoms with Crippen molar-refractivity contribution in [1.82, 2.24) is 0 Å². The minimum Gasteiger partial charge on any atom is -0.477 e. The largest absolute Gasteiger partial charge is 0.477 e. The Morgan fingerprint density at radius 3 is 2.43 bits per heavy atom. The van der Waals surface area contributed by atoms with Crippen molar-refractivity contribution in [3.05, 3.63) is 33.9 Å². The van der Waals surface area contributed by atoms with Crippen molar-refractivity contribution in [2.45, 2.75) is 43.9 Å². The van der Waals surface area contributed by atoms with Crippen LogP contribution in [-0.2, 0) is 0 Å². The molecule has 0 amide bonds. The summed E-state index contributed by atoms with van der Waals surface area (Å²) in [6.07, 6.45) is 2.93. The van der Waals surface area contributed by atoms with Gasteiger partial charge in [0.2, 0.25) is 0 Å². The molecule has 2 aliphatic rings. The second-order valence-electron chi connectivity index (χ2n) is 5.68. The first kappa shape index (κ1) is 13.8. The minimum absolute atomic E-state index is 0.182. The molecule has 2 bridgehead atoms. The number of hydrogen-bond acceptors (Lipinski definition) is 5. The summed E-state index contributed by atoms with van der Waals surface area (Å²) in [4.78, 5) is 23.6. The van der Waals surface area contributed by atoms with Gasteiger partial charge in [-0.05, 0) is 37.8 Å². The van der Waals surface area contributed by atoms with E-state index in [1.54, 1.807) is 6.07 Å². The molecule has 2 aliphatic heterocycles. The van der Waals surface area contributed by atoms with Crippen LogP contribution in [0.3, 0.4) is 0 Å². The molecule has 2 fully saturated rings. The molecule has 7 nitrogen and oxygen atoms in total. The highest BCUT2D eigenvalue weighted by Gasteiger charge is 2.40. The number of aliphatic hydroxyl groups excluding tert-OH is 1. The number of hydrogen-bond donors (Lipinski definition) is 2. The predicted octanol–water partition coefficient (Wildman–Crippen LogP) is 1.79. The van der Waals surface area contributed by atoms with E-state index in [0.717, 1.165) is 12.8 Å². The lowest BCUT2D eigenvalue weighted by Crippen LogP contribution is -2.44. The van der Waals surface area contributed by atoms with Gasteiger partial charge in [-0.25, -0.2) is 4.79 Å². The number of carboxylic acids is 1. The summed E-state index contributed by atoms with van der Waals surface area (Å²) in [6.45, 7) is 0. The number of nitro benzene ring substituents is 1. The fourth-order valence-corrected chi connectivity index (χ4v) is 3.59. The fourth-order valence-electron chi connectivity index (χ4n) is 3.59. The molecule has 21 heavy (non-hydrogen) atoms. The summed E-state index contributed by atoms with van der Waals surface area (Å²) in [5.41, 5.74) is 0.0102. The third-order valence-electron chi connectivity index (χ3n) is 4.41. The highest BCUT2D eigenvalue weighted by Crippen LogP contribution is 2.40. The fraction of sp³-hybridized carbons (Fsp3) is 0.500. The minimum atomic E-state index is -1.30. The Hall–Kier alpha value is -2.15.